The van der Waals surface area contributed by atoms with Gasteiger partial charge in [0.15, 0.2) is 5.78 Å². The van der Waals surface area contributed by atoms with Crippen LogP contribution in [0.2, 0.25) is 0 Å². The summed E-state index contributed by atoms with van der Waals surface area (Å²) < 4.78 is 13.1. The molecule has 4 heteroatoms. The number of Topliss-reactive ketones (excluding diaryl/α,β-unsaturated/α-hetero) is 1. The average molecular weight is 234 g/mol. The number of fused-ring (bicyclic) bond motifs is 1. The molecule has 0 aromatic heterocycles. The summed E-state index contributed by atoms with van der Waals surface area (Å²) in [6.45, 7) is 1.92. The molecule has 0 amide bonds. The Bertz CT molecular complexity index is 494. The predicted molar refractivity (Wildman–Crippen MR) is 65.6 cm³/mol. The summed E-state index contributed by atoms with van der Waals surface area (Å²) in [5, 5.41) is 3.19. The fourth-order valence-corrected chi connectivity index (χ4v) is 1.94. The molecule has 1 atom stereocenters. The minimum atomic E-state index is -0.391. The molecule has 0 radical (unpaired) electrons. The van der Waals surface area contributed by atoms with E-state index in [9.17, 15) is 9.18 Å². The van der Waals surface area contributed by atoms with Crippen molar-refractivity contribution in [1.29, 1.82) is 0 Å². The van der Waals surface area contributed by atoms with Gasteiger partial charge in [-0.1, -0.05) is 0 Å². The molecule has 0 bridgehead atoms. The SMILES string of the molecule is CC1Nc2ccc(F)cc2C(=O)/C1=C\N(C)C. The van der Waals surface area contributed by atoms with Gasteiger partial charge in [-0.3, -0.25) is 4.79 Å². The third-order valence-corrected chi connectivity index (χ3v) is 2.72. The van der Waals surface area contributed by atoms with Gasteiger partial charge in [-0.25, -0.2) is 4.39 Å². The van der Waals surface area contributed by atoms with Crippen molar-refractivity contribution >= 4 is 11.5 Å². The fraction of sp³-hybridized carbons (Fsp3) is 0.308. The molecule has 1 aliphatic heterocycles. The van der Waals surface area contributed by atoms with Crippen LogP contribution in [0.3, 0.4) is 0 Å². The normalized spacial score (nSPS) is 21.1. The monoisotopic (exact) mass is 234 g/mol. The molecule has 1 N–H and O–H groups in total. The molecule has 0 saturated heterocycles. The summed E-state index contributed by atoms with van der Waals surface area (Å²) in [7, 11) is 3.71. The van der Waals surface area contributed by atoms with E-state index in [4.69, 9.17) is 0 Å². The van der Waals surface area contributed by atoms with Crippen molar-refractivity contribution in [1.82, 2.24) is 4.90 Å². The largest absolute Gasteiger partial charge is 0.383 e. The van der Waals surface area contributed by atoms with Crippen molar-refractivity contribution in [3.8, 4) is 0 Å². The van der Waals surface area contributed by atoms with Crippen LogP contribution >= 0.6 is 0 Å². The Kier molecular flexibility index (Phi) is 2.88. The third kappa shape index (κ3) is 2.16. The molecule has 0 aliphatic carbocycles. The zero-order valence-electron chi connectivity index (χ0n) is 10.1. The first-order valence-corrected chi connectivity index (χ1v) is 5.48. The van der Waals surface area contributed by atoms with Crippen LogP contribution in [0.15, 0.2) is 30.0 Å². The molecule has 0 fully saturated rings. The average Bonchev–Trinajstić information content (AvgIpc) is 2.25. The second-order valence-electron chi connectivity index (χ2n) is 4.43. The molecule has 2 rings (SSSR count). The molecule has 1 aromatic rings. The molecule has 0 saturated carbocycles. The van der Waals surface area contributed by atoms with E-state index in [-0.39, 0.29) is 11.8 Å². The summed E-state index contributed by atoms with van der Waals surface area (Å²) in [4.78, 5) is 14.0. The van der Waals surface area contributed by atoms with E-state index in [0.29, 0.717) is 16.8 Å². The zero-order valence-corrected chi connectivity index (χ0v) is 10.1. The smallest absolute Gasteiger partial charge is 0.194 e. The van der Waals surface area contributed by atoms with Gasteiger partial charge in [0, 0.05) is 37.1 Å². The molecule has 1 heterocycles. The standard InChI is InChI=1S/C13H15FN2O/c1-8-11(7-16(2)3)13(17)10-6-9(14)4-5-12(10)15-8/h4-8,15H,1-3H3/b11-7-. The van der Waals surface area contributed by atoms with Crippen molar-refractivity contribution in [2.45, 2.75) is 13.0 Å². The number of hydrogen-bond acceptors (Lipinski definition) is 3. The van der Waals surface area contributed by atoms with Gasteiger partial charge in [0.1, 0.15) is 5.82 Å². The van der Waals surface area contributed by atoms with Gasteiger partial charge in [-0.15, -0.1) is 0 Å². The number of ketones is 1. The Morgan fingerprint density at radius 2 is 2.12 bits per heavy atom. The lowest BCUT2D eigenvalue weighted by Crippen LogP contribution is -2.31. The number of carbonyl (C=O) groups is 1. The van der Waals surface area contributed by atoms with Crippen LogP contribution in [0.5, 0.6) is 0 Å². The summed E-state index contributed by atoms with van der Waals surface area (Å²) >= 11 is 0. The second-order valence-corrected chi connectivity index (χ2v) is 4.43. The first kappa shape index (κ1) is 11.6. The number of benzene rings is 1. The Balaban J connectivity index is 2.49. The molecular formula is C13H15FN2O. The van der Waals surface area contributed by atoms with Crippen LogP contribution in [0, 0.1) is 5.82 Å². The number of carbonyl (C=O) groups excluding carboxylic acids is 1. The Morgan fingerprint density at radius 3 is 2.76 bits per heavy atom. The highest BCUT2D eigenvalue weighted by Gasteiger charge is 2.27. The second kappa shape index (κ2) is 4.20. The fourth-order valence-electron chi connectivity index (χ4n) is 1.94. The minimum absolute atomic E-state index is 0.0668. The maximum atomic E-state index is 13.1. The van der Waals surface area contributed by atoms with Crippen LogP contribution < -0.4 is 5.32 Å². The van der Waals surface area contributed by atoms with E-state index in [1.807, 2.05) is 25.9 Å². The lowest BCUT2D eigenvalue weighted by Gasteiger charge is -2.26. The van der Waals surface area contributed by atoms with Crippen LogP contribution in [-0.4, -0.2) is 30.8 Å². The van der Waals surface area contributed by atoms with Crippen LogP contribution in [0.25, 0.3) is 0 Å². The van der Waals surface area contributed by atoms with E-state index >= 15 is 0 Å². The van der Waals surface area contributed by atoms with Gasteiger partial charge in [-0.05, 0) is 25.1 Å². The predicted octanol–water partition coefficient (Wildman–Crippen LogP) is 2.27. The molecule has 1 aromatic carbocycles. The summed E-state index contributed by atoms with van der Waals surface area (Å²) in [5.74, 6) is -0.503. The van der Waals surface area contributed by atoms with E-state index in [0.717, 1.165) is 0 Å². The first-order chi connectivity index (χ1) is 7.99. The van der Waals surface area contributed by atoms with Crippen LogP contribution in [0.4, 0.5) is 10.1 Å². The van der Waals surface area contributed by atoms with E-state index in [1.165, 1.54) is 12.1 Å². The van der Waals surface area contributed by atoms with Crippen molar-refractivity contribution in [3.63, 3.8) is 0 Å². The highest BCUT2D eigenvalue weighted by Crippen LogP contribution is 2.28. The molecule has 17 heavy (non-hydrogen) atoms. The van der Waals surface area contributed by atoms with Crippen LogP contribution in [0.1, 0.15) is 17.3 Å². The minimum Gasteiger partial charge on any atom is -0.383 e. The van der Waals surface area contributed by atoms with E-state index < -0.39 is 5.82 Å². The quantitative estimate of drug-likeness (QED) is 0.756. The van der Waals surface area contributed by atoms with E-state index in [1.54, 1.807) is 12.3 Å². The van der Waals surface area contributed by atoms with Gasteiger partial charge < -0.3 is 10.2 Å². The lowest BCUT2D eigenvalue weighted by molar-refractivity contribution is 0.102. The highest BCUT2D eigenvalue weighted by atomic mass is 19.1. The Labute approximate surface area is 99.9 Å². The molecule has 1 unspecified atom stereocenters. The van der Waals surface area contributed by atoms with Gasteiger partial charge in [0.2, 0.25) is 0 Å². The summed E-state index contributed by atoms with van der Waals surface area (Å²) in [6.07, 6.45) is 1.77. The maximum Gasteiger partial charge on any atom is 0.194 e. The van der Waals surface area contributed by atoms with Gasteiger partial charge in [0.25, 0.3) is 0 Å². The maximum absolute atomic E-state index is 13.1. The Morgan fingerprint density at radius 1 is 1.41 bits per heavy atom. The molecule has 0 spiro atoms. The van der Waals surface area contributed by atoms with Crippen LogP contribution in [-0.2, 0) is 0 Å². The number of halogens is 1. The van der Waals surface area contributed by atoms with E-state index in [2.05, 4.69) is 5.32 Å². The number of rotatable bonds is 1. The number of anilines is 1. The van der Waals surface area contributed by atoms with Gasteiger partial charge in [0.05, 0.1) is 6.04 Å². The summed E-state index contributed by atoms with van der Waals surface area (Å²) in [6, 6.07) is 4.17. The first-order valence-electron chi connectivity index (χ1n) is 5.48. The molecular weight excluding hydrogens is 219 g/mol. The lowest BCUT2D eigenvalue weighted by atomic mass is 9.92. The van der Waals surface area contributed by atoms with Crippen molar-refractivity contribution in [2.24, 2.45) is 0 Å². The zero-order chi connectivity index (χ0) is 12.6. The van der Waals surface area contributed by atoms with Gasteiger partial charge in [-0.2, -0.15) is 0 Å². The molecule has 1 aliphatic rings. The Hall–Kier alpha value is -1.84. The third-order valence-electron chi connectivity index (χ3n) is 2.72. The topological polar surface area (TPSA) is 32.3 Å². The molecule has 90 valence electrons. The molecule has 3 nitrogen and oxygen atoms in total. The number of nitrogens with zero attached hydrogens (tertiary/aromatic N) is 1. The summed E-state index contributed by atoms with van der Waals surface area (Å²) in [5.41, 5.74) is 1.74. The number of nitrogens with one attached hydrogen (secondary N) is 1. The van der Waals surface area contributed by atoms with Crippen molar-refractivity contribution < 1.29 is 9.18 Å². The highest BCUT2D eigenvalue weighted by molar-refractivity contribution is 6.14. The van der Waals surface area contributed by atoms with Crippen molar-refractivity contribution in [2.75, 3.05) is 19.4 Å². The van der Waals surface area contributed by atoms with Crippen molar-refractivity contribution in [3.05, 3.63) is 41.4 Å². The number of hydrogen-bond donors (Lipinski definition) is 1. The van der Waals surface area contributed by atoms with Gasteiger partial charge >= 0.3 is 0 Å².